The van der Waals surface area contributed by atoms with Crippen LogP contribution in [-0.2, 0) is 9.53 Å². The van der Waals surface area contributed by atoms with Crippen LogP contribution < -0.4 is 5.32 Å². The van der Waals surface area contributed by atoms with Crippen molar-refractivity contribution in [1.29, 1.82) is 0 Å². The van der Waals surface area contributed by atoms with Crippen molar-refractivity contribution in [3.8, 4) is 0 Å². The van der Waals surface area contributed by atoms with Gasteiger partial charge in [0.05, 0.1) is 12.7 Å². The molecule has 1 saturated heterocycles. The van der Waals surface area contributed by atoms with Crippen LogP contribution in [0, 0.1) is 11.8 Å². The van der Waals surface area contributed by atoms with E-state index in [0.29, 0.717) is 6.04 Å². The number of fused-ring (bicyclic) bond motifs is 1. The summed E-state index contributed by atoms with van der Waals surface area (Å²) in [5.41, 5.74) is 0. The zero-order valence-electron chi connectivity index (χ0n) is 12.1. The van der Waals surface area contributed by atoms with Crippen LogP contribution in [0.25, 0.3) is 0 Å². The molecule has 0 spiro atoms. The zero-order valence-corrected chi connectivity index (χ0v) is 12.1. The van der Waals surface area contributed by atoms with Gasteiger partial charge in [0.1, 0.15) is 0 Å². The SMILES string of the molecule is CC(C)NC(=O)[C@H]1C[C@@H]2[C@@H](C1)OCCN2CC1CC1. The van der Waals surface area contributed by atoms with E-state index < -0.39 is 0 Å². The normalized spacial score (nSPS) is 35.4. The lowest BCUT2D eigenvalue weighted by molar-refractivity contribution is -0.125. The second-order valence-electron chi connectivity index (χ2n) is 6.75. The molecule has 1 aliphatic heterocycles. The standard InChI is InChI=1S/C15H26N2O2/c1-10(2)16-15(18)12-7-13-14(8-12)19-6-5-17(13)9-11-3-4-11/h10-14H,3-9H2,1-2H3,(H,16,18)/t12-,13+,14+/m0/s1. The zero-order chi connectivity index (χ0) is 13.4. The number of rotatable bonds is 4. The van der Waals surface area contributed by atoms with Crippen LogP contribution in [0.5, 0.6) is 0 Å². The van der Waals surface area contributed by atoms with Crippen molar-refractivity contribution in [2.75, 3.05) is 19.7 Å². The fraction of sp³-hybridized carbons (Fsp3) is 0.933. The number of hydrogen-bond acceptors (Lipinski definition) is 3. The first-order valence-corrected chi connectivity index (χ1v) is 7.79. The number of hydrogen-bond donors (Lipinski definition) is 1. The Morgan fingerprint density at radius 3 is 2.84 bits per heavy atom. The van der Waals surface area contributed by atoms with E-state index in [9.17, 15) is 4.79 Å². The molecule has 2 saturated carbocycles. The maximum Gasteiger partial charge on any atom is 0.223 e. The van der Waals surface area contributed by atoms with Crippen molar-refractivity contribution < 1.29 is 9.53 Å². The van der Waals surface area contributed by atoms with E-state index in [0.717, 1.165) is 31.9 Å². The Hall–Kier alpha value is -0.610. The average Bonchev–Trinajstić information content (AvgIpc) is 3.05. The molecule has 1 heterocycles. The van der Waals surface area contributed by atoms with Gasteiger partial charge in [-0.2, -0.15) is 0 Å². The fourth-order valence-electron chi connectivity index (χ4n) is 3.50. The van der Waals surface area contributed by atoms with Crippen molar-refractivity contribution >= 4 is 5.91 Å². The van der Waals surface area contributed by atoms with E-state index in [-0.39, 0.29) is 24.0 Å². The van der Waals surface area contributed by atoms with Crippen LogP contribution in [0.15, 0.2) is 0 Å². The molecule has 1 N–H and O–H groups in total. The van der Waals surface area contributed by atoms with Gasteiger partial charge in [0.2, 0.25) is 5.91 Å². The Morgan fingerprint density at radius 1 is 1.37 bits per heavy atom. The lowest BCUT2D eigenvalue weighted by Gasteiger charge is -2.37. The molecule has 3 fully saturated rings. The van der Waals surface area contributed by atoms with E-state index in [4.69, 9.17) is 4.74 Å². The first-order chi connectivity index (χ1) is 9.13. The van der Waals surface area contributed by atoms with Gasteiger partial charge in [-0.1, -0.05) is 0 Å². The van der Waals surface area contributed by atoms with Gasteiger partial charge in [-0.3, -0.25) is 9.69 Å². The van der Waals surface area contributed by atoms with E-state index >= 15 is 0 Å². The molecule has 19 heavy (non-hydrogen) atoms. The largest absolute Gasteiger partial charge is 0.375 e. The van der Waals surface area contributed by atoms with Gasteiger partial charge < -0.3 is 10.1 Å². The summed E-state index contributed by atoms with van der Waals surface area (Å²) in [6, 6.07) is 0.718. The summed E-state index contributed by atoms with van der Waals surface area (Å²) in [4.78, 5) is 14.7. The van der Waals surface area contributed by atoms with Gasteiger partial charge in [-0.25, -0.2) is 0 Å². The molecule has 0 radical (unpaired) electrons. The molecule has 0 bridgehead atoms. The summed E-state index contributed by atoms with van der Waals surface area (Å²) < 4.78 is 5.90. The van der Waals surface area contributed by atoms with E-state index in [1.54, 1.807) is 0 Å². The molecule has 0 aromatic rings. The van der Waals surface area contributed by atoms with Gasteiger partial charge in [0.25, 0.3) is 0 Å². The van der Waals surface area contributed by atoms with Crippen LogP contribution >= 0.6 is 0 Å². The number of morpholine rings is 1. The van der Waals surface area contributed by atoms with Crippen molar-refractivity contribution in [3.05, 3.63) is 0 Å². The summed E-state index contributed by atoms with van der Waals surface area (Å²) in [6.45, 7) is 7.16. The number of carbonyl (C=O) groups is 1. The highest BCUT2D eigenvalue weighted by atomic mass is 16.5. The highest BCUT2D eigenvalue weighted by molar-refractivity contribution is 5.79. The number of nitrogens with zero attached hydrogens (tertiary/aromatic N) is 1. The van der Waals surface area contributed by atoms with Crippen molar-refractivity contribution in [1.82, 2.24) is 10.2 Å². The predicted molar refractivity (Wildman–Crippen MR) is 73.8 cm³/mol. The molecular formula is C15H26N2O2. The smallest absolute Gasteiger partial charge is 0.223 e. The van der Waals surface area contributed by atoms with Gasteiger partial charge in [0, 0.05) is 31.1 Å². The van der Waals surface area contributed by atoms with Crippen LogP contribution in [0.2, 0.25) is 0 Å². The minimum Gasteiger partial charge on any atom is -0.375 e. The van der Waals surface area contributed by atoms with Gasteiger partial charge in [-0.15, -0.1) is 0 Å². The Kier molecular flexibility index (Phi) is 3.81. The second kappa shape index (κ2) is 5.41. The maximum atomic E-state index is 12.2. The summed E-state index contributed by atoms with van der Waals surface area (Å²) in [5, 5.41) is 3.05. The van der Waals surface area contributed by atoms with Crippen LogP contribution in [0.4, 0.5) is 0 Å². The first-order valence-electron chi connectivity index (χ1n) is 7.79. The Morgan fingerprint density at radius 2 is 2.16 bits per heavy atom. The van der Waals surface area contributed by atoms with Crippen LogP contribution in [-0.4, -0.2) is 48.7 Å². The van der Waals surface area contributed by atoms with Crippen molar-refractivity contribution in [3.63, 3.8) is 0 Å². The average molecular weight is 266 g/mol. The molecule has 0 aromatic carbocycles. The fourth-order valence-corrected chi connectivity index (χ4v) is 3.50. The number of ether oxygens (including phenoxy) is 1. The van der Waals surface area contributed by atoms with E-state index in [1.807, 2.05) is 13.8 Å². The molecular weight excluding hydrogens is 240 g/mol. The molecule has 4 heteroatoms. The summed E-state index contributed by atoms with van der Waals surface area (Å²) in [6.07, 6.45) is 4.97. The molecule has 0 aromatic heterocycles. The van der Waals surface area contributed by atoms with E-state index in [2.05, 4.69) is 10.2 Å². The van der Waals surface area contributed by atoms with Gasteiger partial charge >= 0.3 is 0 Å². The van der Waals surface area contributed by atoms with Gasteiger partial charge in [0.15, 0.2) is 0 Å². The second-order valence-corrected chi connectivity index (χ2v) is 6.75. The number of nitrogens with one attached hydrogen (secondary N) is 1. The highest BCUT2D eigenvalue weighted by Gasteiger charge is 2.44. The van der Waals surface area contributed by atoms with E-state index in [1.165, 1.54) is 19.4 Å². The molecule has 1 amide bonds. The molecule has 0 unspecified atom stereocenters. The lowest BCUT2D eigenvalue weighted by atomic mass is 10.1. The molecule has 108 valence electrons. The predicted octanol–water partition coefficient (Wildman–Crippen LogP) is 1.40. The van der Waals surface area contributed by atoms with Gasteiger partial charge in [-0.05, 0) is 45.4 Å². The molecule has 2 aliphatic carbocycles. The van der Waals surface area contributed by atoms with Crippen LogP contribution in [0.3, 0.4) is 0 Å². The van der Waals surface area contributed by atoms with Crippen molar-refractivity contribution in [2.24, 2.45) is 11.8 Å². The number of carbonyl (C=O) groups excluding carboxylic acids is 1. The summed E-state index contributed by atoms with van der Waals surface area (Å²) in [5.74, 6) is 1.29. The Labute approximate surface area is 115 Å². The molecule has 3 aliphatic rings. The Bertz CT molecular complexity index is 341. The summed E-state index contributed by atoms with van der Waals surface area (Å²) in [7, 11) is 0. The monoisotopic (exact) mass is 266 g/mol. The molecule has 3 atom stereocenters. The summed E-state index contributed by atoms with van der Waals surface area (Å²) >= 11 is 0. The molecule has 3 rings (SSSR count). The van der Waals surface area contributed by atoms with Crippen LogP contribution in [0.1, 0.15) is 39.5 Å². The van der Waals surface area contributed by atoms with Crippen molar-refractivity contribution in [2.45, 2.75) is 57.7 Å². The minimum absolute atomic E-state index is 0.150. The Balaban J connectivity index is 1.59. The minimum atomic E-state index is 0.150. The lowest BCUT2D eigenvalue weighted by Crippen LogP contribution is -2.49. The third-order valence-corrected chi connectivity index (χ3v) is 4.64. The third-order valence-electron chi connectivity index (χ3n) is 4.64. The first kappa shape index (κ1) is 13.4. The number of amides is 1. The third kappa shape index (κ3) is 3.11. The topological polar surface area (TPSA) is 41.6 Å². The maximum absolute atomic E-state index is 12.2. The molecule has 4 nitrogen and oxygen atoms in total. The highest BCUT2D eigenvalue weighted by Crippen LogP contribution is 2.37. The quantitative estimate of drug-likeness (QED) is 0.836.